The second-order valence-corrected chi connectivity index (χ2v) is 5.12. The lowest BCUT2D eigenvalue weighted by Crippen LogP contribution is -2.12. The van der Waals surface area contributed by atoms with Crippen LogP contribution in [0.1, 0.15) is 10.4 Å². The third-order valence-electron chi connectivity index (χ3n) is 3.35. The molecule has 0 unspecified atom stereocenters. The summed E-state index contributed by atoms with van der Waals surface area (Å²) in [7, 11) is 3.07. The second-order valence-electron chi connectivity index (χ2n) is 4.71. The van der Waals surface area contributed by atoms with E-state index >= 15 is 0 Å². The molecule has 2 aromatic carbocycles. The van der Waals surface area contributed by atoms with E-state index in [0.29, 0.717) is 39.3 Å². The summed E-state index contributed by atoms with van der Waals surface area (Å²) < 4.78 is 20.9. The number of methoxy groups -OCH3 is 2. The van der Waals surface area contributed by atoms with Crippen LogP contribution in [0.2, 0.25) is 5.02 Å². The predicted molar refractivity (Wildman–Crippen MR) is 85.1 cm³/mol. The van der Waals surface area contributed by atoms with E-state index in [-0.39, 0.29) is 12.7 Å². The maximum atomic E-state index is 12.4. The van der Waals surface area contributed by atoms with Crippen molar-refractivity contribution < 1.29 is 23.7 Å². The van der Waals surface area contributed by atoms with Gasteiger partial charge in [0.2, 0.25) is 6.79 Å². The lowest BCUT2D eigenvalue weighted by Gasteiger charge is -2.12. The highest BCUT2D eigenvalue weighted by molar-refractivity contribution is 6.32. The number of fused-ring (bicyclic) bond motifs is 1. The quantitative estimate of drug-likeness (QED) is 0.928. The molecule has 0 bridgehead atoms. The molecule has 7 heteroatoms. The van der Waals surface area contributed by atoms with Crippen LogP contribution in [0.15, 0.2) is 30.3 Å². The Morgan fingerprint density at radius 2 is 2.00 bits per heavy atom. The molecule has 1 aliphatic heterocycles. The van der Waals surface area contributed by atoms with Crippen LogP contribution in [0.3, 0.4) is 0 Å². The fourth-order valence-electron chi connectivity index (χ4n) is 2.19. The van der Waals surface area contributed by atoms with Crippen molar-refractivity contribution in [1.29, 1.82) is 0 Å². The second kappa shape index (κ2) is 6.26. The zero-order valence-electron chi connectivity index (χ0n) is 12.5. The number of carbonyl (C=O) groups is 1. The van der Waals surface area contributed by atoms with Gasteiger partial charge in [0.05, 0.1) is 24.9 Å². The van der Waals surface area contributed by atoms with Gasteiger partial charge in [-0.2, -0.15) is 0 Å². The molecule has 1 aliphatic rings. The van der Waals surface area contributed by atoms with Gasteiger partial charge in [0, 0.05) is 11.6 Å². The number of nitrogens with one attached hydrogen (secondary N) is 1. The van der Waals surface area contributed by atoms with E-state index in [4.69, 9.17) is 30.5 Å². The Kier molecular flexibility index (Phi) is 4.16. The SMILES string of the molecule is COc1ccc(NC(=O)c2cc(Cl)c3c(c2)OCO3)c(OC)c1. The van der Waals surface area contributed by atoms with Crippen LogP contribution in [0.5, 0.6) is 23.0 Å². The molecule has 1 amide bonds. The van der Waals surface area contributed by atoms with Crippen LogP contribution < -0.4 is 24.3 Å². The molecule has 0 saturated carbocycles. The molecule has 1 N–H and O–H groups in total. The maximum Gasteiger partial charge on any atom is 0.255 e. The van der Waals surface area contributed by atoms with Crippen molar-refractivity contribution in [3.8, 4) is 23.0 Å². The van der Waals surface area contributed by atoms with Crippen molar-refractivity contribution in [3.63, 3.8) is 0 Å². The van der Waals surface area contributed by atoms with E-state index in [2.05, 4.69) is 5.32 Å². The van der Waals surface area contributed by atoms with Gasteiger partial charge < -0.3 is 24.3 Å². The molecule has 0 saturated heterocycles. The minimum absolute atomic E-state index is 0.0897. The Bertz CT molecular complexity index is 762. The summed E-state index contributed by atoms with van der Waals surface area (Å²) in [6.45, 7) is 0.0897. The zero-order chi connectivity index (χ0) is 16.4. The molecule has 1 heterocycles. The molecular weight excluding hydrogens is 322 g/mol. The number of anilines is 1. The van der Waals surface area contributed by atoms with Crippen molar-refractivity contribution >= 4 is 23.2 Å². The van der Waals surface area contributed by atoms with E-state index < -0.39 is 0 Å². The number of carbonyl (C=O) groups excluding carboxylic acids is 1. The Morgan fingerprint density at radius 1 is 1.17 bits per heavy atom. The molecule has 0 radical (unpaired) electrons. The van der Waals surface area contributed by atoms with Gasteiger partial charge in [-0.1, -0.05) is 11.6 Å². The van der Waals surface area contributed by atoms with Crippen molar-refractivity contribution in [3.05, 3.63) is 40.9 Å². The summed E-state index contributed by atoms with van der Waals surface area (Å²) in [6, 6.07) is 8.22. The third-order valence-corrected chi connectivity index (χ3v) is 3.63. The summed E-state index contributed by atoms with van der Waals surface area (Å²) in [5, 5.41) is 3.10. The number of rotatable bonds is 4. The summed E-state index contributed by atoms with van der Waals surface area (Å²) in [4.78, 5) is 12.4. The minimum atomic E-state index is -0.339. The largest absolute Gasteiger partial charge is 0.497 e. The summed E-state index contributed by atoms with van der Waals surface area (Å²) in [5.74, 6) is 1.68. The van der Waals surface area contributed by atoms with E-state index in [1.807, 2.05) is 0 Å². The van der Waals surface area contributed by atoms with Gasteiger partial charge in [-0.3, -0.25) is 4.79 Å². The highest BCUT2D eigenvalue weighted by Crippen LogP contribution is 2.40. The van der Waals surface area contributed by atoms with Crippen molar-refractivity contribution in [1.82, 2.24) is 0 Å². The van der Waals surface area contributed by atoms with Gasteiger partial charge >= 0.3 is 0 Å². The van der Waals surface area contributed by atoms with Crippen LogP contribution in [0.25, 0.3) is 0 Å². The zero-order valence-corrected chi connectivity index (χ0v) is 13.3. The number of hydrogen-bond acceptors (Lipinski definition) is 5. The lowest BCUT2D eigenvalue weighted by molar-refractivity contribution is 0.102. The summed E-state index contributed by atoms with van der Waals surface area (Å²) in [5.41, 5.74) is 0.879. The van der Waals surface area contributed by atoms with E-state index in [0.717, 1.165) is 0 Å². The molecule has 0 aromatic heterocycles. The summed E-state index contributed by atoms with van der Waals surface area (Å²) >= 11 is 6.09. The first-order valence-corrected chi connectivity index (χ1v) is 7.12. The number of hydrogen-bond donors (Lipinski definition) is 1. The molecule has 0 aliphatic carbocycles. The fourth-order valence-corrected chi connectivity index (χ4v) is 2.46. The smallest absolute Gasteiger partial charge is 0.255 e. The van der Waals surface area contributed by atoms with Gasteiger partial charge in [-0.25, -0.2) is 0 Å². The molecule has 6 nitrogen and oxygen atoms in total. The number of ether oxygens (including phenoxy) is 4. The van der Waals surface area contributed by atoms with Crippen molar-refractivity contribution in [2.24, 2.45) is 0 Å². The highest BCUT2D eigenvalue weighted by Gasteiger charge is 2.21. The first-order valence-electron chi connectivity index (χ1n) is 6.75. The van der Waals surface area contributed by atoms with Gasteiger partial charge in [-0.15, -0.1) is 0 Å². The number of benzene rings is 2. The molecule has 0 atom stereocenters. The first-order chi connectivity index (χ1) is 11.1. The molecule has 3 rings (SSSR count). The van der Waals surface area contributed by atoms with E-state index in [9.17, 15) is 4.79 Å². The van der Waals surface area contributed by atoms with Crippen LogP contribution >= 0.6 is 11.6 Å². The molecule has 0 fully saturated rings. The topological polar surface area (TPSA) is 66.0 Å². The van der Waals surface area contributed by atoms with Crippen molar-refractivity contribution in [2.75, 3.05) is 26.3 Å². The Labute approximate surface area is 137 Å². The van der Waals surface area contributed by atoms with Crippen molar-refractivity contribution in [2.45, 2.75) is 0 Å². The average molecular weight is 336 g/mol. The maximum absolute atomic E-state index is 12.4. The van der Waals surface area contributed by atoms with Gasteiger partial charge in [0.1, 0.15) is 11.5 Å². The van der Waals surface area contributed by atoms with Gasteiger partial charge in [-0.05, 0) is 24.3 Å². The Morgan fingerprint density at radius 3 is 2.74 bits per heavy atom. The number of halogens is 1. The standard InChI is InChI=1S/C16H14ClNO5/c1-20-10-3-4-12(13(7-10)21-2)18-16(19)9-5-11(17)15-14(6-9)22-8-23-15/h3-7H,8H2,1-2H3,(H,18,19). The van der Waals surface area contributed by atoms with Gasteiger partial charge in [0.25, 0.3) is 5.91 Å². The molecular formula is C16H14ClNO5. The minimum Gasteiger partial charge on any atom is -0.497 e. The number of amides is 1. The molecule has 120 valence electrons. The molecule has 2 aromatic rings. The molecule has 0 spiro atoms. The predicted octanol–water partition coefficient (Wildman–Crippen LogP) is 3.34. The van der Waals surface area contributed by atoms with E-state index in [1.165, 1.54) is 13.2 Å². The van der Waals surface area contributed by atoms with Crippen LogP contribution in [0, 0.1) is 0 Å². The Hall–Kier alpha value is -2.60. The fraction of sp³-hybridized carbons (Fsp3) is 0.188. The van der Waals surface area contributed by atoms with E-state index in [1.54, 1.807) is 31.4 Å². The van der Waals surface area contributed by atoms with Crippen LogP contribution in [-0.2, 0) is 0 Å². The van der Waals surface area contributed by atoms with Crippen LogP contribution in [-0.4, -0.2) is 26.9 Å². The average Bonchev–Trinajstić information content (AvgIpc) is 3.04. The van der Waals surface area contributed by atoms with Crippen LogP contribution in [0.4, 0.5) is 5.69 Å². The molecule has 23 heavy (non-hydrogen) atoms. The first kappa shape index (κ1) is 15.3. The lowest BCUT2D eigenvalue weighted by atomic mass is 10.1. The monoisotopic (exact) mass is 335 g/mol. The summed E-state index contributed by atoms with van der Waals surface area (Å²) in [6.07, 6.45) is 0. The normalized spacial score (nSPS) is 12.0. The third kappa shape index (κ3) is 2.98. The van der Waals surface area contributed by atoms with Gasteiger partial charge in [0.15, 0.2) is 11.5 Å². The highest BCUT2D eigenvalue weighted by atomic mass is 35.5. The Balaban J connectivity index is 1.86.